The lowest BCUT2D eigenvalue weighted by molar-refractivity contribution is -0.137. The summed E-state index contributed by atoms with van der Waals surface area (Å²) in [4.78, 5) is 39.3. The Bertz CT molecular complexity index is 815. The van der Waals surface area contributed by atoms with Crippen molar-refractivity contribution < 1.29 is 27.6 Å². The van der Waals surface area contributed by atoms with Crippen molar-refractivity contribution in [3.05, 3.63) is 35.4 Å². The standard InChI is InChI=1S/C20H25F3N4O3/c21-20(22,23)15-6-1-4-13(10-15)16(12-26-8-3-7-17(26)28)25-18(29)14-5-2-9-27(11-14)19(24)30/h1,4,6,10,14,16H,2-3,5,7-9,11-12H2,(H2,24,30)(H,25,29)/t14-,16+/m1/s1. The van der Waals surface area contributed by atoms with E-state index in [0.717, 1.165) is 12.1 Å². The molecule has 10 heteroatoms. The lowest BCUT2D eigenvalue weighted by Gasteiger charge is -2.32. The SMILES string of the molecule is NC(=O)N1CCC[C@@H](C(=O)N[C@@H](CN2CCCC2=O)c2cccc(C(F)(F)F)c2)C1. The van der Waals surface area contributed by atoms with Gasteiger partial charge in [0.15, 0.2) is 0 Å². The highest BCUT2D eigenvalue weighted by Gasteiger charge is 2.33. The van der Waals surface area contributed by atoms with E-state index in [9.17, 15) is 27.6 Å². The Hall–Kier alpha value is -2.78. The molecule has 2 saturated heterocycles. The summed E-state index contributed by atoms with van der Waals surface area (Å²) in [6.07, 6.45) is -2.29. The monoisotopic (exact) mass is 426 g/mol. The van der Waals surface area contributed by atoms with E-state index in [1.54, 1.807) is 4.90 Å². The molecule has 2 aliphatic rings. The first kappa shape index (κ1) is 21.9. The Morgan fingerprint density at radius 1 is 1.23 bits per heavy atom. The number of nitrogens with zero attached hydrogens (tertiary/aromatic N) is 2. The van der Waals surface area contributed by atoms with Crippen molar-refractivity contribution in [1.82, 2.24) is 15.1 Å². The minimum atomic E-state index is -4.51. The molecule has 0 radical (unpaired) electrons. The summed E-state index contributed by atoms with van der Waals surface area (Å²) >= 11 is 0. The van der Waals surface area contributed by atoms with Crippen LogP contribution in [0, 0.1) is 5.92 Å². The number of nitrogens with two attached hydrogens (primary N) is 1. The number of primary amides is 1. The first-order valence-corrected chi connectivity index (χ1v) is 9.95. The zero-order chi connectivity index (χ0) is 21.9. The Kier molecular flexibility index (Phi) is 6.52. The van der Waals surface area contributed by atoms with Crippen LogP contribution < -0.4 is 11.1 Å². The third-order valence-corrected chi connectivity index (χ3v) is 5.61. The maximum Gasteiger partial charge on any atom is 0.416 e. The Morgan fingerprint density at radius 2 is 2.00 bits per heavy atom. The molecule has 2 atom stereocenters. The number of carbonyl (C=O) groups excluding carboxylic acids is 3. The second-order valence-corrected chi connectivity index (χ2v) is 7.75. The van der Waals surface area contributed by atoms with E-state index in [1.165, 1.54) is 17.0 Å². The van der Waals surface area contributed by atoms with Crippen LogP contribution >= 0.6 is 0 Å². The fourth-order valence-electron chi connectivity index (χ4n) is 3.96. The van der Waals surface area contributed by atoms with Gasteiger partial charge in [-0.15, -0.1) is 0 Å². The zero-order valence-corrected chi connectivity index (χ0v) is 16.5. The van der Waals surface area contributed by atoms with E-state index in [2.05, 4.69) is 5.32 Å². The average molecular weight is 426 g/mol. The predicted molar refractivity (Wildman–Crippen MR) is 102 cm³/mol. The van der Waals surface area contributed by atoms with E-state index < -0.39 is 29.7 Å². The van der Waals surface area contributed by atoms with Crippen LogP contribution in [0.15, 0.2) is 24.3 Å². The number of piperidine rings is 1. The molecular weight excluding hydrogens is 401 g/mol. The Labute approximate surface area is 172 Å². The van der Waals surface area contributed by atoms with Gasteiger partial charge in [-0.25, -0.2) is 4.79 Å². The van der Waals surface area contributed by atoms with Crippen molar-refractivity contribution in [3.8, 4) is 0 Å². The number of hydrogen-bond acceptors (Lipinski definition) is 3. The Balaban J connectivity index is 1.80. The number of amides is 4. The third-order valence-electron chi connectivity index (χ3n) is 5.61. The van der Waals surface area contributed by atoms with Crippen molar-refractivity contribution >= 4 is 17.8 Å². The number of rotatable bonds is 5. The maximum absolute atomic E-state index is 13.2. The van der Waals surface area contributed by atoms with Crippen LogP contribution in [0.4, 0.5) is 18.0 Å². The summed E-state index contributed by atoms with van der Waals surface area (Å²) in [6.45, 7) is 1.23. The predicted octanol–water partition coefficient (Wildman–Crippen LogP) is 2.28. The van der Waals surface area contributed by atoms with Crippen LogP contribution in [0.3, 0.4) is 0 Å². The molecule has 0 spiro atoms. The number of nitrogens with one attached hydrogen (secondary N) is 1. The molecule has 164 valence electrons. The fourth-order valence-corrected chi connectivity index (χ4v) is 3.96. The molecule has 2 heterocycles. The van der Waals surface area contributed by atoms with Crippen molar-refractivity contribution in [2.45, 2.75) is 37.9 Å². The van der Waals surface area contributed by atoms with Crippen molar-refractivity contribution in [3.63, 3.8) is 0 Å². The van der Waals surface area contributed by atoms with Crippen LogP contribution in [0.25, 0.3) is 0 Å². The van der Waals surface area contributed by atoms with Gasteiger partial charge in [0, 0.05) is 32.6 Å². The summed E-state index contributed by atoms with van der Waals surface area (Å²) in [6, 6.07) is 3.38. The number of urea groups is 1. The lowest BCUT2D eigenvalue weighted by atomic mass is 9.96. The molecule has 30 heavy (non-hydrogen) atoms. The first-order valence-electron chi connectivity index (χ1n) is 9.95. The molecule has 1 aromatic rings. The molecule has 3 rings (SSSR count). The largest absolute Gasteiger partial charge is 0.416 e. The number of alkyl halides is 3. The molecular formula is C20H25F3N4O3. The average Bonchev–Trinajstić information content (AvgIpc) is 3.11. The number of halogens is 3. The van der Waals surface area contributed by atoms with Gasteiger partial charge in [-0.05, 0) is 37.0 Å². The highest BCUT2D eigenvalue weighted by Crippen LogP contribution is 2.31. The Morgan fingerprint density at radius 3 is 2.63 bits per heavy atom. The van der Waals surface area contributed by atoms with E-state index in [4.69, 9.17) is 5.73 Å². The molecule has 0 bridgehead atoms. The molecule has 0 aromatic heterocycles. The van der Waals surface area contributed by atoms with Gasteiger partial charge in [-0.3, -0.25) is 9.59 Å². The third kappa shape index (κ3) is 5.22. The van der Waals surface area contributed by atoms with Crippen LogP contribution in [0.5, 0.6) is 0 Å². The van der Waals surface area contributed by atoms with Gasteiger partial charge in [-0.2, -0.15) is 13.2 Å². The van der Waals surface area contributed by atoms with Crippen LogP contribution in [-0.2, 0) is 15.8 Å². The van der Waals surface area contributed by atoms with E-state index in [0.29, 0.717) is 38.8 Å². The second-order valence-electron chi connectivity index (χ2n) is 7.75. The summed E-state index contributed by atoms with van der Waals surface area (Å²) < 4.78 is 39.5. The van der Waals surface area contributed by atoms with Gasteiger partial charge < -0.3 is 20.9 Å². The van der Waals surface area contributed by atoms with E-state index in [1.807, 2.05) is 0 Å². The van der Waals surface area contributed by atoms with Crippen LogP contribution in [-0.4, -0.2) is 53.8 Å². The maximum atomic E-state index is 13.2. The number of hydrogen-bond donors (Lipinski definition) is 2. The summed E-state index contributed by atoms with van der Waals surface area (Å²) in [5, 5.41) is 2.81. The highest BCUT2D eigenvalue weighted by molar-refractivity contribution is 5.81. The minimum Gasteiger partial charge on any atom is -0.351 e. The first-order chi connectivity index (χ1) is 14.1. The normalized spacial score (nSPS) is 20.9. The second kappa shape index (κ2) is 8.93. The molecule has 4 amide bonds. The van der Waals surface area contributed by atoms with Gasteiger partial charge in [0.05, 0.1) is 17.5 Å². The van der Waals surface area contributed by atoms with Crippen molar-refractivity contribution in [2.24, 2.45) is 11.7 Å². The molecule has 3 N–H and O–H groups in total. The van der Waals surface area contributed by atoms with Crippen LogP contribution in [0.1, 0.15) is 42.9 Å². The minimum absolute atomic E-state index is 0.0844. The molecule has 1 aromatic carbocycles. The van der Waals surface area contributed by atoms with Crippen LogP contribution in [0.2, 0.25) is 0 Å². The zero-order valence-electron chi connectivity index (χ0n) is 16.5. The quantitative estimate of drug-likeness (QED) is 0.756. The summed E-state index contributed by atoms with van der Waals surface area (Å²) in [7, 11) is 0. The van der Waals surface area contributed by atoms with E-state index in [-0.39, 0.29) is 30.5 Å². The number of carbonyl (C=O) groups is 3. The fraction of sp³-hybridized carbons (Fsp3) is 0.550. The van der Waals surface area contributed by atoms with Gasteiger partial charge in [-0.1, -0.05) is 12.1 Å². The number of benzene rings is 1. The van der Waals surface area contributed by atoms with Crippen molar-refractivity contribution in [2.75, 3.05) is 26.2 Å². The van der Waals surface area contributed by atoms with Gasteiger partial charge in [0.1, 0.15) is 0 Å². The van der Waals surface area contributed by atoms with Gasteiger partial charge >= 0.3 is 12.2 Å². The number of likely N-dealkylation sites (tertiary alicyclic amines) is 2. The van der Waals surface area contributed by atoms with Crippen molar-refractivity contribution in [1.29, 1.82) is 0 Å². The molecule has 2 fully saturated rings. The van der Waals surface area contributed by atoms with E-state index >= 15 is 0 Å². The van der Waals surface area contributed by atoms with Gasteiger partial charge in [0.25, 0.3) is 0 Å². The molecule has 0 aliphatic carbocycles. The molecule has 7 nitrogen and oxygen atoms in total. The highest BCUT2D eigenvalue weighted by atomic mass is 19.4. The lowest BCUT2D eigenvalue weighted by Crippen LogP contribution is -2.48. The topological polar surface area (TPSA) is 95.7 Å². The molecule has 0 saturated carbocycles. The smallest absolute Gasteiger partial charge is 0.351 e. The summed E-state index contributed by atoms with van der Waals surface area (Å²) in [5.74, 6) is -0.956. The molecule has 0 unspecified atom stereocenters. The molecule has 2 aliphatic heterocycles. The summed E-state index contributed by atoms with van der Waals surface area (Å²) in [5.41, 5.74) is 4.77. The van der Waals surface area contributed by atoms with Gasteiger partial charge in [0.2, 0.25) is 11.8 Å².